The van der Waals surface area contributed by atoms with E-state index >= 15 is 0 Å². The van der Waals surface area contributed by atoms with Gasteiger partial charge in [-0.2, -0.15) is 4.68 Å². The molecule has 0 amide bonds. The molecule has 0 bridgehead atoms. The first-order chi connectivity index (χ1) is 12.0. The quantitative estimate of drug-likeness (QED) is 0.743. The number of aliphatic hydroxyl groups is 1. The molecule has 3 rings (SSSR count). The van der Waals surface area contributed by atoms with Gasteiger partial charge in [-0.15, -0.1) is 5.10 Å². The maximum Gasteiger partial charge on any atom is 0.437 e. The Morgan fingerprint density at radius 2 is 1.88 bits per heavy atom. The molecule has 0 spiro atoms. The van der Waals surface area contributed by atoms with Crippen LogP contribution in [0.3, 0.4) is 0 Å². The van der Waals surface area contributed by atoms with E-state index in [9.17, 15) is 14.3 Å². The lowest BCUT2D eigenvalue weighted by molar-refractivity contribution is 0.0875. The summed E-state index contributed by atoms with van der Waals surface area (Å²) in [5, 5.41) is 14.1. The van der Waals surface area contributed by atoms with Crippen molar-refractivity contribution in [1.82, 2.24) is 9.78 Å². The van der Waals surface area contributed by atoms with Crippen LogP contribution in [0.5, 0.6) is 5.75 Å². The van der Waals surface area contributed by atoms with Gasteiger partial charge in [0.25, 0.3) is 0 Å². The van der Waals surface area contributed by atoms with Gasteiger partial charge < -0.3 is 14.3 Å². The summed E-state index contributed by atoms with van der Waals surface area (Å²) < 4.78 is 24.5. The van der Waals surface area contributed by atoms with Gasteiger partial charge in [0.15, 0.2) is 0 Å². The van der Waals surface area contributed by atoms with Crippen molar-refractivity contribution in [3.63, 3.8) is 0 Å². The molecule has 0 aliphatic heterocycles. The molecule has 6 nitrogen and oxygen atoms in total. The third-order valence-corrected chi connectivity index (χ3v) is 3.54. The highest BCUT2D eigenvalue weighted by Crippen LogP contribution is 2.16. The SMILES string of the molecule is Cc1ccc(OC[C@H](O)Cn2nc(-c3ccc(F)cc3)oc2=O)cc1. The Morgan fingerprint density at radius 3 is 2.56 bits per heavy atom. The van der Waals surface area contributed by atoms with E-state index in [1.807, 2.05) is 19.1 Å². The topological polar surface area (TPSA) is 77.5 Å². The first kappa shape index (κ1) is 16.9. The molecule has 1 heterocycles. The lowest BCUT2D eigenvalue weighted by Gasteiger charge is -2.11. The molecule has 7 heteroatoms. The summed E-state index contributed by atoms with van der Waals surface area (Å²) in [6.07, 6.45) is -0.940. The molecule has 0 fully saturated rings. The number of ether oxygens (including phenoxy) is 1. The van der Waals surface area contributed by atoms with Crippen molar-refractivity contribution in [2.75, 3.05) is 6.61 Å². The van der Waals surface area contributed by atoms with Crippen molar-refractivity contribution in [1.29, 1.82) is 0 Å². The maximum absolute atomic E-state index is 12.9. The summed E-state index contributed by atoms with van der Waals surface area (Å²) in [4.78, 5) is 11.8. The third kappa shape index (κ3) is 4.33. The van der Waals surface area contributed by atoms with Crippen LogP contribution in [0.25, 0.3) is 11.5 Å². The van der Waals surface area contributed by atoms with Crippen LogP contribution in [0, 0.1) is 12.7 Å². The Hall–Kier alpha value is -2.93. The van der Waals surface area contributed by atoms with Crippen molar-refractivity contribution in [2.24, 2.45) is 0 Å². The zero-order valence-corrected chi connectivity index (χ0v) is 13.6. The lowest BCUT2D eigenvalue weighted by Crippen LogP contribution is -2.29. The van der Waals surface area contributed by atoms with E-state index in [-0.39, 0.29) is 19.0 Å². The van der Waals surface area contributed by atoms with Crippen molar-refractivity contribution >= 4 is 0 Å². The predicted octanol–water partition coefficient (Wildman–Crippen LogP) is 2.39. The largest absolute Gasteiger partial charge is 0.491 e. The number of halogens is 1. The second-order valence-electron chi connectivity index (χ2n) is 5.64. The van der Waals surface area contributed by atoms with Gasteiger partial charge in [0.1, 0.15) is 24.3 Å². The van der Waals surface area contributed by atoms with Crippen LogP contribution in [-0.2, 0) is 6.54 Å². The van der Waals surface area contributed by atoms with Crippen LogP contribution in [-0.4, -0.2) is 27.6 Å². The molecule has 2 aromatic carbocycles. The third-order valence-electron chi connectivity index (χ3n) is 3.54. The molecule has 1 atom stereocenters. The molecule has 0 aliphatic carbocycles. The summed E-state index contributed by atoms with van der Waals surface area (Å²) >= 11 is 0. The zero-order chi connectivity index (χ0) is 17.8. The molecule has 130 valence electrons. The minimum Gasteiger partial charge on any atom is -0.491 e. The Morgan fingerprint density at radius 1 is 1.20 bits per heavy atom. The van der Waals surface area contributed by atoms with Crippen LogP contribution in [0.1, 0.15) is 5.56 Å². The summed E-state index contributed by atoms with van der Waals surface area (Å²) in [5.74, 6) is -0.399. The van der Waals surface area contributed by atoms with E-state index in [4.69, 9.17) is 9.15 Å². The summed E-state index contributed by atoms with van der Waals surface area (Å²) in [7, 11) is 0. The van der Waals surface area contributed by atoms with E-state index in [0.717, 1.165) is 10.2 Å². The first-order valence-corrected chi connectivity index (χ1v) is 7.73. The standard InChI is InChI=1S/C18H17FN2O4/c1-12-2-8-16(9-3-12)24-11-15(22)10-21-18(23)25-17(20-21)13-4-6-14(19)7-5-13/h2-9,15,22H,10-11H2,1H3/t15-/m1/s1. The highest BCUT2D eigenvalue weighted by Gasteiger charge is 2.14. The van der Waals surface area contributed by atoms with Gasteiger partial charge in [0.05, 0.1) is 6.54 Å². The predicted molar refractivity (Wildman–Crippen MR) is 88.8 cm³/mol. The van der Waals surface area contributed by atoms with Crippen molar-refractivity contribution < 1.29 is 18.7 Å². The molecule has 0 radical (unpaired) electrons. The summed E-state index contributed by atoms with van der Waals surface area (Å²) in [6, 6.07) is 12.8. The number of aryl methyl sites for hydroxylation is 1. The van der Waals surface area contributed by atoms with Crippen LogP contribution in [0.4, 0.5) is 4.39 Å². The fraction of sp³-hybridized carbons (Fsp3) is 0.222. The van der Waals surface area contributed by atoms with Gasteiger partial charge in [0.2, 0.25) is 5.89 Å². The van der Waals surface area contributed by atoms with Crippen molar-refractivity contribution in [3.8, 4) is 17.2 Å². The molecular formula is C18H17FN2O4. The number of hydrogen-bond acceptors (Lipinski definition) is 5. The smallest absolute Gasteiger partial charge is 0.437 e. The van der Waals surface area contributed by atoms with Crippen LogP contribution >= 0.6 is 0 Å². The number of aromatic nitrogens is 2. The fourth-order valence-corrected chi connectivity index (χ4v) is 2.21. The molecule has 1 N–H and O–H groups in total. The maximum atomic E-state index is 12.9. The number of rotatable bonds is 6. The second-order valence-corrected chi connectivity index (χ2v) is 5.64. The van der Waals surface area contributed by atoms with Gasteiger partial charge in [0, 0.05) is 5.56 Å². The van der Waals surface area contributed by atoms with Crippen molar-refractivity contribution in [2.45, 2.75) is 19.6 Å². The minimum atomic E-state index is -0.940. The molecule has 0 saturated heterocycles. The van der Waals surface area contributed by atoms with Crippen LogP contribution in [0.15, 0.2) is 57.7 Å². The number of hydrogen-bond donors (Lipinski definition) is 1. The molecule has 3 aromatic rings. The molecule has 25 heavy (non-hydrogen) atoms. The molecule has 1 aromatic heterocycles. The van der Waals surface area contributed by atoms with Gasteiger partial charge >= 0.3 is 5.76 Å². The van der Waals surface area contributed by atoms with E-state index in [1.54, 1.807) is 12.1 Å². The first-order valence-electron chi connectivity index (χ1n) is 7.73. The minimum absolute atomic E-state index is 0.00818. The van der Waals surface area contributed by atoms with Crippen molar-refractivity contribution in [3.05, 3.63) is 70.5 Å². The Labute approximate surface area is 143 Å². The van der Waals surface area contributed by atoms with Gasteiger partial charge in [-0.1, -0.05) is 17.7 Å². The number of nitrogens with zero attached hydrogens (tertiary/aromatic N) is 2. The zero-order valence-electron chi connectivity index (χ0n) is 13.6. The van der Waals surface area contributed by atoms with E-state index in [1.165, 1.54) is 24.3 Å². The monoisotopic (exact) mass is 344 g/mol. The second kappa shape index (κ2) is 7.31. The van der Waals surface area contributed by atoms with Gasteiger partial charge in [-0.25, -0.2) is 9.18 Å². The van der Waals surface area contributed by atoms with E-state index in [2.05, 4.69) is 5.10 Å². The lowest BCUT2D eigenvalue weighted by atomic mass is 10.2. The molecule has 0 saturated carbocycles. The summed E-state index contributed by atoms with van der Waals surface area (Å²) in [5.41, 5.74) is 1.58. The van der Waals surface area contributed by atoms with Gasteiger partial charge in [-0.05, 0) is 43.3 Å². The molecule has 0 unspecified atom stereocenters. The number of aliphatic hydroxyl groups excluding tert-OH is 1. The van der Waals surface area contributed by atoms with E-state index < -0.39 is 17.7 Å². The Bertz CT molecular complexity index is 885. The molecular weight excluding hydrogens is 327 g/mol. The Balaban J connectivity index is 1.63. The average molecular weight is 344 g/mol. The highest BCUT2D eigenvalue weighted by molar-refractivity contribution is 5.51. The summed E-state index contributed by atoms with van der Waals surface area (Å²) in [6.45, 7) is 1.90. The fourth-order valence-electron chi connectivity index (χ4n) is 2.21. The van der Waals surface area contributed by atoms with Gasteiger partial charge in [-0.3, -0.25) is 0 Å². The van der Waals surface area contributed by atoms with E-state index in [0.29, 0.717) is 11.3 Å². The average Bonchev–Trinajstić information content (AvgIpc) is 2.95. The highest BCUT2D eigenvalue weighted by atomic mass is 19.1. The molecule has 0 aliphatic rings. The number of benzene rings is 2. The Kier molecular flexibility index (Phi) is 4.95. The normalized spacial score (nSPS) is 12.1. The van der Waals surface area contributed by atoms with Crippen LogP contribution in [0.2, 0.25) is 0 Å². The van der Waals surface area contributed by atoms with Crippen LogP contribution < -0.4 is 10.5 Å².